The zero-order chi connectivity index (χ0) is 43.8. The molecular weight excluding hydrogens is 952 g/mol. The van der Waals surface area contributed by atoms with Gasteiger partial charge >= 0.3 is 0 Å². The smallest absolute Gasteiger partial charge is 0.135 e. The first-order valence-corrected chi connectivity index (χ1v) is 21.8. The Balaban J connectivity index is 0.00000544. The molecular formula is C57H57N4OPt-3. The second kappa shape index (κ2) is 16.2. The number of aromatic nitrogens is 2. The first-order valence-electron chi connectivity index (χ1n) is 21.8. The largest absolute Gasteiger partial charge is 0.509 e. The molecule has 0 amide bonds. The fourth-order valence-electron chi connectivity index (χ4n) is 8.54. The van der Waals surface area contributed by atoms with Crippen LogP contribution in [-0.2, 0) is 42.7 Å². The van der Waals surface area contributed by atoms with Gasteiger partial charge in [-0.15, -0.1) is 53.6 Å². The molecule has 5 nitrogen and oxygen atoms in total. The number of benzene rings is 6. The Kier molecular flexibility index (Phi) is 11.3. The fraction of sp³-hybridized carbons (Fsp3) is 0.263. The molecule has 0 saturated carbocycles. The van der Waals surface area contributed by atoms with Crippen molar-refractivity contribution in [1.29, 1.82) is 0 Å². The molecule has 6 heteroatoms. The van der Waals surface area contributed by atoms with E-state index in [1.807, 2.05) is 12.3 Å². The Bertz CT molecular complexity index is 2960. The summed E-state index contributed by atoms with van der Waals surface area (Å²) < 4.78 is 9.15. The van der Waals surface area contributed by atoms with Crippen molar-refractivity contribution in [1.82, 2.24) is 9.55 Å². The monoisotopic (exact) mass is 1010 g/mol. The SMILES string of the molecule is CC(C)(C)c1cccc(N2[CH-]N(c3[c-]c(Oc4[c-]c5c(cc4)c4ccccc4n5-c4cc(C(C)(C)C)ccn4)cc(C(C)(C)c4ccccc4)c3)c3ccc(C(C)(C)C)cc32)c1.[Pt]. The summed E-state index contributed by atoms with van der Waals surface area (Å²) in [5.41, 5.74) is 11.9. The Hall–Kier alpha value is -5.64. The summed E-state index contributed by atoms with van der Waals surface area (Å²) >= 11 is 0. The zero-order valence-electron chi connectivity index (χ0n) is 38.4. The van der Waals surface area contributed by atoms with Gasteiger partial charge in [0.05, 0.1) is 0 Å². The van der Waals surface area contributed by atoms with Crippen LogP contribution in [-0.4, -0.2) is 9.55 Å². The summed E-state index contributed by atoms with van der Waals surface area (Å²) in [6, 6.07) is 55.3. The molecule has 3 heterocycles. The molecule has 8 aromatic rings. The summed E-state index contributed by atoms with van der Waals surface area (Å²) in [5.74, 6) is 2.07. The van der Waals surface area contributed by atoms with Gasteiger partial charge in [0.25, 0.3) is 0 Å². The molecule has 0 atom stereocenters. The fourth-order valence-corrected chi connectivity index (χ4v) is 8.54. The Labute approximate surface area is 389 Å². The normalized spacial score (nSPS) is 13.4. The number of fused-ring (bicyclic) bond motifs is 4. The van der Waals surface area contributed by atoms with Crippen molar-refractivity contribution in [3.8, 4) is 17.3 Å². The van der Waals surface area contributed by atoms with Crippen molar-refractivity contribution in [3.63, 3.8) is 0 Å². The van der Waals surface area contributed by atoms with E-state index in [1.165, 1.54) is 22.3 Å². The van der Waals surface area contributed by atoms with E-state index in [-0.39, 0.29) is 42.7 Å². The second-order valence-electron chi connectivity index (χ2n) is 20.4. The molecule has 0 fully saturated rings. The van der Waals surface area contributed by atoms with Gasteiger partial charge in [0.1, 0.15) is 5.82 Å². The number of rotatable bonds is 7. The molecule has 0 radical (unpaired) electrons. The van der Waals surface area contributed by atoms with E-state index in [1.54, 1.807) is 0 Å². The van der Waals surface area contributed by atoms with Crippen LogP contribution in [0.15, 0.2) is 140 Å². The van der Waals surface area contributed by atoms with E-state index < -0.39 is 0 Å². The molecule has 0 bridgehead atoms. The summed E-state index contributed by atoms with van der Waals surface area (Å²) in [5, 5.41) is 2.23. The number of para-hydroxylation sites is 1. The van der Waals surface area contributed by atoms with Crippen LogP contribution in [0.2, 0.25) is 0 Å². The van der Waals surface area contributed by atoms with Gasteiger partial charge in [-0.25, -0.2) is 4.98 Å². The molecule has 0 spiro atoms. The number of pyridine rings is 1. The predicted octanol–water partition coefficient (Wildman–Crippen LogP) is 15.2. The van der Waals surface area contributed by atoms with Gasteiger partial charge in [-0.3, -0.25) is 0 Å². The third-order valence-corrected chi connectivity index (χ3v) is 12.5. The number of nitrogens with zero attached hydrogens (tertiary/aromatic N) is 4. The topological polar surface area (TPSA) is 33.5 Å². The van der Waals surface area contributed by atoms with Crippen molar-refractivity contribution < 1.29 is 25.8 Å². The molecule has 1 aliphatic heterocycles. The standard InChI is InChI=1S/C57H57N4O.Pt/c1-54(2,3)39-20-17-21-43(30-39)59-37-60(50-27-24-40(33-52(50)59)55(4,5)6)44-31-42(57(10,11)38-18-13-12-14-19-38)32-46(35-44)62-45-25-26-48-47-22-15-16-23-49(47)61(51(48)36-45)53-34-41(28-29-58-53)56(7,8)9;/h12-34,37H,1-11H3;/q-3;. The van der Waals surface area contributed by atoms with Gasteiger partial charge < -0.3 is 19.1 Å². The Morgan fingerprint density at radius 1 is 0.508 bits per heavy atom. The molecule has 0 unspecified atom stereocenters. The Morgan fingerprint density at radius 3 is 1.90 bits per heavy atom. The molecule has 2 aromatic heterocycles. The van der Waals surface area contributed by atoms with Crippen LogP contribution in [0.5, 0.6) is 11.5 Å². The van der Waals surface area contributed by atoms with E-state index in [9.17, 15) is 0 Å². The van der Waals surface area contributed by atoms with Gasteiger partial charge in [-0.2, -0.15) is 6.07 Å². The second-order valence-corrected chi connectivity index (χ2v) is 20.4. The zero-order valence-corrected chi connectivity index (χ0v) is 40.6. The quantitative estimate of drug-likeness (QED) is 0.149. The van der Waals surface area contributed by atoms with Gasteiger partial charge in [-0.1, -0.05) is 148 Å². The summed E-state index contributed by atoms with van der Waals surface area (Å²) in [4.78, 5) is 9.49. The predicted molar refractivity (Wildman–Crippen MR) is 259 cm³/mol. The molecule has 0 N–H and O–H groups in total. The number of ether oxygens (including phenoxy) is 1. The van der Waals surface area contributed by atoms with E-state index in [0.29, 0.717) is 11.5 Å². The summed E-state index contributed by atoms with van der Waals surface area (Å²) in [6.07, 6.45) is 1.91. The van der Waals surface area contributed by atoms with E-state index in [0.717, 1.165) is 55.9 Å². The van der Waals surface area contributed by atoms with Gasteiger partial charge in [-0.05, 0) is 91.8 Å². The van der Waals surface area contributed by atoms with Gasteiger partial charge in [0.2, 0.25) is 0 Å². The van der Waals surface area contributed by atoms with Crippen molar-refractivity contribution in [2.45, 2.75) is 97.8 Å². The molecule has 324 valence electrons. The molecule has 0 saturated heterocycles. The number of hydrogen-bond acceptors (Lipinski definition) is 4. The van der Waals surface area contributed by atoms with Crippen LogP contribution < -0.4 is 14.5 Å². The minimum atomic E-state index is -0.355. The van der Waals surface area contributed by atoms with E-state index in [4.69, 9.17) is 9.72 Å². The molecule has 9 rings (SSSR count). The first-order chi connectivity index (χ1) is 29.4. The van der Waals surface area contributed by atoms with Gasteiger partial charge in [0, 0.05) is 61.3 Å². The molecule has 6 aromatic carbocycles. The van der Waals surface area contributed by atoms with Crippen LogP contribution in [0.3, 0.4) is 0 Å². The van der Waals surface area contributed by atoms with Crippen LogP contribution in [0.4, 0.5) is 22.7 Å². The van der Waals surface area contributed by atoms with Crippen LogP contribution >= 0.6 is 0 Å². The average molecular weight is 1010 g/mol. The van der Waals surface area contributed by atoms with E-state index >= 15 is 0 Å². The maximum Gasteiger partial charge on any atom is 0.135 e. The van der Waals surface area contributed by atoms with Crippen molar-refractivity contribution in [3.05, 3.63) is 186 Å². The minimum Gasteiger partial charge on any atom is -0.509 e. The summed E-state index contributed by atoms with van der Waals surface area (Å²) in [6.45, 7) is 27.1. The van der Waals surface area contributed by atoms with Crippen LogP contribution in [0, 0.1) is 18.8 Å². The Morgan fingerprint density at radius 2 is 1.17 bits per heavy atom. The van der Waals surface area contributed by atoms with E-state index in [2.05, 4.69) is 237 Å². The van der Waals surface area contributed by atoms with Gasteiger partial charge in [0.15, 0.2) is 0 Å². The van der Waals surface area contributed by atoms with Crippen LogP contribution in [0.25, 0.3) is 27.6 Å². The maximum atomic E-state index is 6.94. The summed E-state index contributed by atoms with van der Waals surface area (Å²) in [7, 11) is 0. The minimum absolute atomic E-state index is 0. The van der Waals surface area contributed by atoms with Crippen molar-refractivity contribution >= 4 is 44.6 Å². The first kappa shape index (κ1) is 44.0. The van der Waals surface area contributed by atoms with Crippen molar-refractivity contribution in [2.75, 3.05) is 9.80 Å². The molecule has 63 heavy (non-hydrogen) atoms. The number of hydrogen-bond donors (Lipinski definition) is 0. The number of anilines is 4. The average Bonchev–Trinajstić information content (AvgIpc) is 3.79. The van der Waals surface area contributed by atoms with Crippen LogP contribution in [0.1, 0.15) is 104 Å². The molecule has 0 aliphatic carbocycles. The third-order valence-electron chi connectivity index (χ3n) is 12.5. The van der Waals surface area contributed by atoms with Crippen molar-refractivity contribution in [2.24, 2.45) is 0 Å². The third kappa shape index (κ3) is 8.33. The molecule has 1 aliphatic rings. The maximum absolute atomic E-state index is 6.94.